The summed E-state index contributed by atoms with van der Waals surface area (Å²) < 4.78 is 0. The molecule has 23 heavy (non-hydrogen) atoms. The van der Waals surface area contributed by atoms with Gasteiger partial charge in [-0.25, -0.2) is 4.79 Å². The second-order valence-electron chi connectivity index (χ2n) is 6.45. The third-order valence-electron chi connectivity index (χ3n) is 3.58. The van der Waals surface area contributed by atoms with Crippen molar-refractivity contribution >= 4 is 23.2 Å². The summed E-state index contributed by atoms with van der Waals surface area (Å²) in [6.07, 6.45) is -0.920. The average Bonchev–Trinajstić information content (AvgIpc) is 2.47. The molecule has 0 bridgehead atoms. The van der Waals surface area contributed by atoms with Crippen molar-refractivity contribution in [3.8, 4) is 0 Å². The number of benzene rings is 2. The summed E-state index contributed by atoms with van der Waals surface area (Å²) >= 11 is 0. The van der Waals surface area contributed by atoms with Gasteiger partial charge in [-0.3, -0.25) is 4.90 Å². The van der Waals surface area contributed by atoms with E-state index in [1.165, 1.54) is 4.90 Å². The van der Waals surface area contributed by atoms with Crippen LogP contribution in [0.2, 0.25) is 0 Å². The van der Waals surface area contributed by atoms with E-state index < -0.39 is 11.6 Å². The third-order valence-corrected chi connectivity index (χ3v) is 3.58. The second-order valence-corrected chi connectivity index (χ2v) is 6.45. The zero-order valence-electron chi connectivity index (χ0n) is 13.7. The zero-order valence-corrected chi connectivity index (χ0v) is 13.7. The predicted octanol–water partition coefficient (Wildman–Crippen LogP) is 4.29. The molecule has 0 aliphatic heterocycles. The Morgan fingerprint density at radius 3 is 2.26 bits per heavy atom. The Labute approximate surface area is 136 Å². The van der Waals surface area contributed by atoms with Gasteiger partial charge < -0.3 is 16.2 Å². The number of nitrogen functional groups attached to an aromatic ring is 1. The lowest BCUT2D eigenvalue weighted by Crippen LogP contribution is -2.44. The lowest BCUT2D eigenvalue weighted by atomic mass is 10.1. The van der Waals surface area contributed by atoms with Crippen LogP contribution in [-0.4, -0.2) is 21.6 Å². The Morgan fingerprint density at radius 2 is 1.74 bits per heavy atom. The first-order chi connectivity index (χ1) is 10.8. The highest BCUT2D eigenvalue weighted by atomic mass is 16.4. The number of carbonyl (C=O) groups is 1. The van der Waals surface area contributed by atoms with Crippen LogP contribution >= 0.6 is 0 Å². The summed E-state index contributed by atoms with van der Waals surface area (Å²) in [5.41, 5.74) is 8.84. The van der Waals surface area contributed by atoms with Crippen molar-refractivity contribution in [1.29, 1.82) is 0 Å². The fourth-order valence-electron chi connectivity index (χ4n) is 2.23. The topological polar surface area (TPSA) is 78.6 Å². The van der Waals surface area contributed by atoms with Crippen LogP contribution in [-0.2, 0) is 6.54 Å². The highest BCUT2D eigenvalue weighted by molar-refractivity contribution is 5.72. The Morgan fingerprint density at radius 1 is 1.13 bits per heavy atom. The van der Waals surface area contributed by atoms with Crippen LogP contribution in [0.1, 0.15) is 26.3 Å². The van der Waals surface area contributed by atoms with Crippen LogP contribution in [0.25, 0.3) is 0 Å². The molecule has 0 unspecified atom stereocenters. The number of nitrogens with two attached hydrogens (primary N) is 1. The molecule has 0 fully saturated rings. The van der Waals surface area contributed by atoms with Gasteiger partial charge in [0.25, 0.3) is 0 Å². The van der Waals surface area contributed by atoms with Gasteiger partial charge in [0.15, 0.2) is 0 Å². The van der Waals surface area contributed by atoms with E-state index in [2.05, 4.69) is 5.32 Å². The first-order valence-corrected chi connectivity index (χ1v) is 7.48. The van der Waals surface area contributed by atoms with E-state index in [0.29, 0.717) is 12.2 Å². The van der Waals surface area contributed by atoms with E-state index in [0.717, 1.165) is 16.9 Å². The number of nitrogens with zero attached hydrogens (tertiary/aromatic N) is 1. The molecule has 0 aromatic heterocycles. The number of rotatable bonds is 4. The number of para-hydroxylation sites is 2. The van der Waals surface area contributed by atoms with Crippen LogP contribution in [0.5, 0.6) is 0 Å². The van der Waals surface area contributed by atoms with Gasteiger partial charge in [0, 0.05) is 17.8 Å². The molecule has 2 aromatic carbocycles. The van der Waals surface area contributed by atoms with Crippen LogP contribution < -0.4 is 11.1 Å². The number of carboxylic acid groups (broad SMARTS) is 1. The Hall–Kier alpha value is -2.69. The van der Waals surface area contributed by atoms with E-state index >= 15 is 0 Å². The minimum absolute atomic E-state index is 0.354. The van der Waals surface area contributed by atoms with Gasteiger partial charge in [-0.2, -0.15) is 0 Å². The van der Waals surface area contributed by atoms with Gasteiger partial charge in [0.2, 0.25) is 0 Å². The molecule has 122 valence electrons. The molecule has 0 spiro atoms. The standard InChI is InChI=1S/C18H23N3O2/c1-18(2,3)21(17(22)23)12-13-8-10-14(11-9-13)20-16-7-5-4-6-15(16)19/h4-11,20H,12,19H2,1-3H3,(H,22,23). The average molecular weight is 313 g/mol. The molecule has 1 amide bonds. The lowest BCUT2D eigenvalue weighted by molar-refractivity contribution is 0.0956. The monoisotopic (exact) mass is 313 g/mol. The third kappa shape index (κ3) is 4.39. The number of hydrogen-bond donors (Lipinski definition) is 3. The Bertz CT molecular complexity index is 675. The number of nitrogens with one attached hydrogen (secondary N) is 1. The molecule has 0 atom stereocenters. The summed E-state index contributed by atoms with van der Waals surface area (Å²) in [4.78, 5) is 12.8. The minimum Gasteiger partial charge on any atom is -0.465 e. The maximum Gasteiger partial charge on any atom is 0.408 e. The minimum atomic E-state index is -0.920. The molecule has 0 aliphatic carbocycles. The van der Waals surface area contributed by atoms with Gasteiger partial charge in [-0.05, 0) is 50.6 Å². The molecule has 0 saturated carbocycles. The first kappa shape index (κ1) is 16.7. The van der Waals surface area contributed by atoms with Gasteiger partial charge >= 0.3 is 6.09 Å². The van der Waals surface area contributed by atoms with E-state index in [9.17, 15) is 9.90 Å². The molecule has 0 radical (unpaired) electrons. The van der Waals surface area contributed by atoms with Crippen LogP contribution in [0.4, 0.5) is 21.9 Å². The van der Waals surface area contributed by atoms with E-state index in [4.69, 9.17) is 5.73 Å². The second kappa shape index (κ2) is 6.60. The number of anilines is 3. The maximum absolute atomic E-state index is 11.4. The molecular formula is C18H23N3O2. The first-order valence-electron chi connectivity index (χ1n) is 7.48. The smallest absolute Gasteiger partial charge is 0.408 e. The molecule has 0 saturated heterocycles. The highest BCUT2D eigenvalue weighted by Crippen LogP contribution is 2.23. The van der Waals surface area contributed by atoms with Crippen molar-refractivity contribution in [3.63, 3.8) is 0 Å². The molecule has 2 aromatic rings. The van der Waals surface area contributed by atoms with Crippen molar-refractivity contribution < 1.29 is 9.90 Å². The van der Waals surface area contributed by atoms with Crippen molar-refractivity contribution in [3.05, 3.63) is 54.1 Å². The Kier molecular flexibility index (Phi) is 4.79. The van der Waals surface area contributed by atoms with Crippen molar-refractivity contribution in [2.45, 2.75) is 32.9 Å². The summed E-state index contributed by atoms with van der Waals surface area (Å²) in [5.74, 6) is 0. The fraction of sp³-hybridized carbons (Fsp3) is 0.278. The van der Waals surface area contributed by atoms with Gasteiger partial charge in [0.1, 0.15) is 0 Å². The van der Waals surface area contributed by atoms with Gasteiger partial charge in [-0.1, -0.05) is 24.3 Å². The van der Waals surface area contributed by atoms with Crippen molar-refractivity contribution in [2.75, 3.05) is 11.1 Å². The highest BCUT2D eigenvalue weighted by Gasteiger charge is 2.25. The van der Waals surface area contributed by atoms with Gasteiger partial charge in [0.05, 0.1) is 11.4 Å². The maximum atomic E-state index is 11.4. The molecular weight excluding hydrogens is 290 g/mol. The molecule has 5 heteroatoms. The number of hydrogen-bond acceptors (Lipinski definition) is 3. The van der Waals surface area contributed by atoms with E-state index in [-0.39, 0.29) is 0 Å². The Balaban J connectivity index is 2.10. The van der Waals surface area contributed by atoms with Crippen LogP contribution in [0.3, 0.4) is 0 Å². The lowest BCUT2D eigenvalue weighted by Gasteiger charge is -2.33. The molecule has 5 nitrogen and oxygen atoms in total. The summed E-state index contributed by atoms with van der Waals surface area (Å²) in [5, 5.41) is 12.6. The van der Waals surface area contributed by atoms with E-state index in [1.54, 1.807) is 0 Å². The summed E-state index contributed by atoms with van der Waals surface area (Å²) in [7, 11) is 0. The molecule has 0 heterocycles. The molecule has 0 aliphatic rings. The normalized spacial score (nSPS) is 11.1. The van der Waals surface area contributed by atoms with Crippen molar-refractivity contribution in [1.82, 2.24) is 4.90 Å². The molecule has 2 rings (SSSR count). The predicted molar refractivity (Wildman–Crippen MR) is 93.9 cm³/mol. The SMILES string of the molecule is CC(C)(C)N(Cc1ccc(Nc2ccccc2N)cc1)C(=O)O. The number of amides is 1. The quantitative estimate of drug-likeness (QED) is 0.736. The summed E-state index contributed by atoms with van der Waals surface area (Å²) in [6.45, 7) is 6.01. The fourth-order valence-corrected chi connectivity index (χ4v) is 2.23. The molecule has 4 N–H and O–H groups in total. The largest absolute Gasteiger partial charge is 0.465 e. The van der Waals surface area contributed by atoms with Crippen LogP contribution in [0.15, 0.2) is 48.5 Å². The summed E-state index contributed by atoms with van der Waals surface area (Å²) in [6, 6.07) is 15.2. The van der Waals surface area contributed by atoms with E-state index in [1.807, 2.05) is 69.3 Å². The van der Waals surface area contributed by atoms with Crippen molar-refractivity contribution in [2.24, 2.45) is 0 Å². The van der Waals surface area contributed by atoms with Gasteiger partial charge in [-0.15, -0.1) is 0 Å². The van der Waals surface area contributed by atoms with Crippen LogP contribution in [0, 0.1) is 0 Å². The zero-order chi connectivity index (χ0) is 17.0.